The van der Waals surface area contributed by atoms with E-state index in [0.717, 1.165) is 12.8 Å². The maximum absolute atomic E-state index is 11.6. The topological polar surface area (TPSA) is 123 Å². The summed E-state index contributed by atoms with van der Waals surface area (Å²) in [6.45, 7) is 5.81. The fraction of sp³-hybridized carbons (Fsp3) is 0.625. The number of hydrogen-bond acceptors (Lipinski definition) is 5. The minimum Gasteiger partial charge on any atom is -0.477 e. The Morgan fingerprint density at radius 2 is 2.16 bits per heavy atom. The summed E-state index contributed by atoms with van der Waals surface area (Å²) in [6.07, 6.45) is 1.12. The minimum atomic E-state index is -1.12. The molecule has 9 heteroatoms. The number of hydrogen-bond donors (Lipinski definition) is 3. The molecule has 0 aliphatic carbocycles. The van der Waals surface area contributed by atoms with Crippen molar-refractivity contribution in [3.05, 3.63) is 17.5 Å². The van der Waals surface area contributed by atoms with Crippen LogP contribution in [0.3, 0.4) is 0 Å². The Labute approximate surface area is 145 Å². The lowest BCUT2D eigenvalue weighted by atomic mass is 9.91. The van der Waals surface area contributed by atoms with Crippen LogP contribution < -0.4 is 10.6 Å². The van der Waals surface area contributed by atoms with E-state index in [-0.39, 0.29) is 42.8 Å². The second-order valence-corrected chi connectivity index (χ2v) is 6.14. The van der Waals surface area contributed by atoms with Gasteiger partial charge in [-0.05, 0) is 12.0 Å². The smallest absolute Gasteiger partial charge is 0.407 e. The first-order valence-electron chi connectivity index (χ1n) is 8.37. The van der Waals surface area contributed by atoms with E-state index in [1.165, 1.54) is 17.7 Å². The third-order valence-corrected chi connectivity index (χ3v) is 4.35. The molecule has 9 nitrogen and oxygen atoms in total. The number of alkyl carbamates (subject to hydrolysis) is 1. The average Bonchev–Trinajstić information content (AvgIpc) is 3.14. The molecule has 138 valence electrons. The third-order valence-electron chi connectivity index (χ3n) is 4.35. The number of carboxylic acids is 1. The highest BCUT2D eigenvalue weighted by atomic mass is 16.6. The van der Waals surface area contributed by atoms with Crippen molar-refractivity contribution in [2.75, 3.05) is 6.61 Å². The van der Waals surface area contributed by atoms with Gasteiger partial charge in [0.25, 0.3) is 0 Å². The Hall–Kier alpha value is -2.58. The van der Waals surface area contributed by atoms with Crippen LogP contribution >= 0.6 is 0 Å². The van der Waals surface area contributed by atoms with Crippen molar-refractivity contribution in [2.24, 2.45) is 5.92 Å². The molecule has 0 radical (unpaired) electrons. The molecule has 2 amide bonds. The average molecular weight is 352 g/mol. The normalized spacial score (nSPS) is 17.9. The van der Waals surface area contributed by atoms with E-state index >= 15 is 0 Å². The van der Waals surface area contributed by atoms with E-state index in [1.807, 2.05) is 13.8 Å². The quantitative estimate of drug-likeness (QED) is 0.648. The van der Waals surface area contributed by atoms with E-state index in [2.05, 4.69) is 15.7 Å². The SMILES string of the molecule is CCC(CC)C(NC(C)=O)c1cc(C(=O)O)n(CC2COC(=O)N2)n1. The largest absolute Gasteiger partial charge is 0.477 e. The molecular weight excluding hydrogens is 328 g/mol. The molecule has 1 aromatic heterocycles. The first kappa shape index (κ1) is 18.8. The predicted octanol–water partition coefficient (Wildman–Crippen LogP) is 1.30. The molecular formula is C16H24N4O5. The summed E-state index contributed by atoms with van der Waals surface area (Å²) in [5.74, 6) is -1.17. The Balaban J connectivity index is 2.32. The van der Waals surface area contributed by atoms with Crippen LogP contribution in [0.1, 0.15) is 55.8 Å². The van der Waals surface area contributed by atoms with E-state index in [4.69, 9.17) is 4.74 Å². The molecule has 2 heterocycles. The van der Waals surface area contributed by atoms with Gasteiger partial charge in [0.1, 0.15) is 12.3 Å². The van der Waals surface area contributed by atoms with Crippen molar-refractivity contribution < 1.29 is 24.2 Å². The summed E-state index contributed by atoms with van der Waals surface area (Å²) in [5.41, 5.74) is 0.518. The Morgan fingerprint density at radius 1 is 1.48 bits per heavy atom. The van der Waals surface area contributed by atoms with Gasteiger partial charge in [0.15, 0.2) is 0 Å². The first-order chi connectivity index (χ1) is 11.8. The lowest BCUT2D eigenvalue weighted by Gasteiger charge is -2.24. The van der Waals surface area contributed by atoms with Crippen molar-refractivity contribution in [2.45, 2.75) is 52.2 Å². The number of amides is 2. The molecule has 25 heavy (non-hydrogen) atoms. The fourth-order valence-corrected chi connectivity index (χ4v) is 3.05. The van der Waals surface area contributed by atoms with Crippen LogP contribution in [0.5, 0.6) is 0 Å². The fourth-order valence-electron chi connectivity index (χ4n) is 3.05. The molecule has 3 N–H and O–H groups in total. The number of nitrogens with one attached hydrogen (secondary N) is 2. The number of aromatic carboxylic acids is 1. The highest BCUT2D eigenvalue weighted by Crippen LogP contribution is 2.27. The number of cyclic esters (lactones) is 1. The summed E-state index contributed by atoms with van der Waals surface area (Å²) >= 11 is 0. The van der Waals surface area contributed by atoms with Crippen molar-refractivity contribution >= 4 is 18.0 Å². The van der Waals surface area contributed by atoms with Gasteiger partial charge in [-0.3, -0.25) is 9.48 Å². The lowest BCUT2D eigenvalue weighted by Crippen LogP contribution is -2.33. The number of aromatic nitrogens is 2. The molecule has 0 bridgehead atoms. The number of carbonyl (C=O) groups excluding carboxylic acids is 2. The highest BCUT2D eigenvalue weighted by molar-refractivity contribution is 5.86. The summed E-state index contributed by atoms with van der Waals surface area (Å²) < 4.78 is 6.16. The molecule has 0 spiro atoms. The summed E-state index contributed by atoms with van der Waals surface area (Å²) in [6, 6.07) is 0.783. The number of carbonyl (C=O) groups is 3. The van der Waals surface area contributed by atoms with Gasteiger partial charge in [-0.15, -0.1) is 0 Å². The number of carboxylic acid groups (broad SMARTS) is 1. The van der Waals surface area contributed by atoms with E-state index in [9.17, 15) is 19.5 Å². The van der Waals surface area contributed by atoms with Crippen LogP contribution in [-0.2, 0) is 16.1 Å². The molecule has 0 saturated carbocycles. The molecule has 1 fully saturated rings. The Kier molecular flexibility index (Phi) is 6.00. The standard InChI is InChI=1S/C16H24N4O5/c1-4-10(5-2)14(17-9(3)21)12-6-13(15(22)23)20(19-12)7-11-8-25-16(24)18-11/h6,10-11,14H,4-5,7-8H2,1-3H3,(H,17,21)(H,18,24)(H,22,23). The van der Waals surface area contributed by atoms with Crippen LogP contribution in [0.4, 0.5) is 4.79 Å². The van der Waals surface area contributed by atoms with Crippen molar-refractivity contribution in [3.63, 3.8) is 0 Å². The van der Waals surface area contributed by atoms with Gasteiger partial charge in [-0.1, -0.05) is 26.7 Å². The van der Waals surface area contributed by atoms with Gasteiger partial charge in [-0.2, -0.15) is 5.10 Å². The van der Waals surface area contributed by atoms with Crippen LogP contribution in [-0.4, -0.2) is 45.5 Å². The molecule has 1 aliphatic rings. The minimum absolute atomic E-state index is 0.0115. The summed E-state index contributed by atoms with van der Waals surface area (Å²) in [7, 11) is 0. The van der Waals surface area contributed by atoms with Gasteiger partial charge < -0.3 is 20.5 Å². The summed E-state index contributed by atoms with van der Waals surface area (Å²) in [5, 5.41) is 19.3. The van der Waals surface area contributed by atoms with Crippen molar-refractivity contribution in [1.82, 2.24) is 20.4 Å². The molecule has 1 aliphatic heterocycles. The number of ether oxygens (including phenoxy) is 1. The lowest BCUT2D eigenvalue weighted by molar-refractivity contribution is -0.120. The maximum atomic E-state index is 11.6. The zero-order valence-corrected chi connectivity index (χ0v) is 14.6. The molecule has 2 unspecified atom stereocenters. The molecule has 2 rings (SSSR count). The maximum Gasteiger partial charge on any atom is 0.407 e. The van der Waals surface area contributed by atoms with Crippen LogP contribution in [0.2, 0.25) is 0 Å². The van der Waals surface area contributed by atoms with Crippen LogP contribution in [0.15, 0.2) is 6.07 Å². The van der Waals surface area contributed by atoms with Crippen LogP contribution in [0, 0.1) is 5.92 Å². The van der Waals surface area contributed by atoms with E-state index < -0.39 is 12.1 Å². The second-order valence-electron chi connectivity index (χ2n) is 6.14. The zero-order chi connectivity index (χ0) is 18.6. The van der Waals surface area contributed by atoms with Crippen molar-refractivity contribution in [3.8, 4) is 0 Å². The highest BCUT2D eigenvalue weighted by Gasteiger charge is 2.29. The molecule has 0 aromatic carbocycles. The second kappa shape index (κ2) is 8.00. The van der Waals surface area contributed by atoms with Gasteiger partial charge >= 0.3 is 12.1 Å². The zero-order valence-electron chi connectivity index (χ0n) is 14.6. The molecule has 1 saturated heterocycles. The number of nitrogens with zero attached hydrogens (tertiary/aromatic N) is 2. The van der Waals surface area contributed by atoms with Gasteiger partial charge in [0.2, 0.25) is 5.91 Å². The molecule has 1 aromatic rings. The van der Waals surface area contributed by atoms with Crippen molar-refractivity contribution in [1.29, 1.82) is 0 Å². The summed E-state index contributed by atoms with van der Waals surface area (Å²) in [4.78, 5) is 34.3. The predicted molar refractivity (Wildman–Crippen MR) is 88.1 cm³/mol. The van der Waals surface area contributed by atoms with Gasteiger partial charge in [-0.25, -0.2) is 9.59 Å². The van der Waals surface area contributed by atoms with Gasteiger partial charge in [0, 0.05) is 6.92 Å². The monoisotopic (exact) mass is 352 g/mol. The molecule has 2 atom stereocenters. The van der Waals surface area contributed by atoms with E-state index in [1.54, 1.807) is 0 Å². The third kappa shape index (κ3) is 4.49. The Bertz CT molecular complexity index is 653. The van der Waals surface area contributed by atoms with E-state index in [0.29, 0.717) is 5.69 Å². The Morgan fingerprint density at radius 3 is 2.64 bits per heavy atom. The van der Waals surface area contributed by atoms with Crippen LogP contribution in [0.25, 0.3) is 0 Å². The van der Waals surface area contributed by atoms with Gasteiger partial charge in [0.05, 0.1) is 24.3 Å². The first-order valence-corrected chi connectivity index (χ1v) is 8.37. The number of rotatable bonds is 8.